The molecule has 168 valence electrons. The third-order valence-electron chi connectivity index (χ3n) is 7.75. The van der Waals surface area contributed by atoms with Crippen molar-refractivity contribution in [3.63, 3.8) is 0 Å². The van der Waals surface area contributed by atoms with E-state index in [0.717, 1.165) is 17.8 Å². The summed E-state index contributed by atoms with van der Waals surface area (Å²) in [5.74, 6) is 2.62. The van der Waals surface area contributed by atoms with Crippen molar-refractivity contribution in [1.82, 2.24) is 10.6 Å². The molecule has 1 aromatic carbocycles. The van der Waals surface area contributed by atoms with Gasteiger partial charge in [-0.1, -0.05) is 12.1 Å². The molecular weight excluding hydrogens is 426 g/mol. The summed E-state index contributed by atoms with van der Waals surface area (Å²) in [4.78, 5) is 23.2. The van der Waals surface area contributed by atoms with E-state index >= 15 is 0 Å². The van der Waals surface area contributed by atoms with Crippen LogP contribution in [0.1, 0.15) is 56.0 Å². The number of nitrogens with one attached hydrogen (secondary N) is 2. The monoisotopic (exact) mass is 453 g/mol. The Hall–Kier alpha value is -2.74. The highest BCUT2D eigenvalue weighted by molar-refractivity contribution is 7.80. The first kappa shape index (κ1) is 21.1. The maximum atomic E-state index is 12.7. The van der Waals surface area contributed by atoms with Crippen LogP contribution in [0.3, 0.4) is 0 Å². The van der Waals surface area contributed by atoms with Crippen molar-refractivity contribution >= 4 is 28.9 Å². The van der Waals surface area contributed by atoms with Gasteiger partial charge in [-0.15, -0.1) is 0 Å². The fraction of sp³-hybridized carbons (Fsp3) is 0.500. The summed E-state index contributed by atoms with van der Waals surface area (Å²) in [6.07, 6.45) is 7.94. The SMILES string of the molecule is C[C@H](NC(=S)NC(=O)c1ccc(-c2cccc([N+](=O)[O-])c2)o1)C12CC3CC(CC(C3)C1)C2. The molecule has 8 heteroatoms. The highest BCUT2D eigenvalue weighted by Gasteiger charge is 2.53. The summed E-state index contributed by atoms with van der Waals surface area (Å²) in [7, 11) is 0. The Morgan fingerprint density at radius 1 is 1.16 bits per heavy atom. The molecule has 4 aliphatic carbocycles. The van der Waals surface area contributed by atoms with Gasteiger partial charge in [0.25, 0.3) is 11.6 Å². The van der Waals surface area contributed by atoms with Crippen LogP contribution in [0.2, 0.25) is 0 Å². The lowest BCUT2D eigenvalue weighted by Gasteiger charge is -2.59. The molecule has 2 N–H and O–H groups in total. The van der Waals surface area contributed by atoms with Gasteiger partial charge in [0, 0.05) is 23.7 Å². The summed E-state index contributed by atoms with van der Waals surface area (Å²) in [5, 5.41) is 17.4. The van der Waals surface area contributed by atoms with E-state index in [4.69, 9.17) is 16.6 Å². The van der Waals surface area contributed by atoms with E-state index < -0.39 is 10.8 Å². The number of rotatable bonds is 5. The van der Waals surface area contributed by atoms with Gasteiger partial charge >= 0.3 is 0 Å². The number of hydrogen-bond donors (Lipinski definition) is 2. The zero-order chi connectivity index (χ0) is 22.5. The molecule has 1 amide bonds. The molecule has 6 rings (SSSR count). The Kier molecular flexibility index (Phi) is 5.28. The minimum atomic E-state index is -0.463. The summed E-state index contributed by atoms with van der Waals surface area (Å²) in [6, 6.07) is 9.50. The summed E-state index contributed by atoms with van der Waals surface area (Å²) >= 11 is 5.45. The molecule has 0 saturated heterocycles. The van der Waals surface area contributed by atoms with Crippen LogP contribution in [0, 0.1) is 33.3 Å². The highest BCUT2D eigenvalue weighted by Crippen LogP contribution is 2.61. The van der Waals surface area contributed by atoms with Crippen LogP contribution in [0.25, 0.3) is 11.3 Å². The van der Waals surface area contributed by atoms with E-state index in [9.17, 15) is 14.9 Å². The molecule has 0 radical (unpaired) electrons. The average molecular weight is 454 g/mol. The normalized spacial score (nSPS) is 28.8. The number of furan rings is 1. The summed E-state index contributed by atoms with van der Waals surface area (Å²) in [6.45, 7) is 2.19. The molecule has 1 heterocycles. The Morgan fingerprint density at radius 3 is 2.44 bits per heavy atom. The first-order chi connectivity index (χ1) is 15.3. The molecule has 0 unspecified atom stereocenters. The van der Waals surface area contributed by atoms with Crippen molar-refractivity contribution in [2.24, 2.45) is 23.2 Å². The highest BCUT2D eigenvalue weighted by atomic mass is 32.1. The van der Waals surface area contributed by atoms with Crippen LogP contribution in [0.15, 0.2) is 40.8 Å². The van der Waals surface area contributed by atoms with Crippen LogP contribution in [-0.4, -0.2) is 22.0 Å². The van der Waals surface area contributed by atoms with Crippen molar-refractivity contribution < 1.29 is 14.1 Å². The third kappa shape index (κ3) is 3.92. The smallest absolute Gasteiger partial charge is 0.293 e. The number of hydrogen-bond acceptors (Lipinski definition) is 5. The number of nitro benzene ring substituents is 1. The van der Waals surface area contributed by atoms with Crippen molar-refractivity contribution in [2.45, 2.75) is 51.5 Å². The minimum absolute atomic E-state index is 0.0334. The van der Waals surface area contributed by atoms with Gasteiger partial charge in [0.15, 0.2) is 10.9 Å². The Morgan fingerprint density at radius 2 is 1.81 bits per heavy atom. The molecule has 1 aromatic heterocycles. The second-order valence-electron chi connectivity index (χ2n) is 9.90. The molecule has 32 heavy (non-hydrogen) atoms. The van der Waals surface area contributed by atoms with Crippen LogP contribution >= 0.6 is 12.2 Å². The minimum Gasteiger partial charge on any atom is -0.451 e. The van der Waals surface area contributed by atoms with E-state index in [2.05, 4.69) is 17.6 Å². The van der Waals surface area contributed by atoms with Gasteiger partial charge in [0.05, 0.1) is 4.92 Å². The largest absolute Gasteiger partial charge is 0.451 e. The fourth-order valence-corrected chi connectivity index (χ4v) is 6.92. The van der Waals surface area contributed by atoms with Crippen LogP contribution in [-0.2, 0) is 0 Å². The van der Waals surface area contributed by atoms with E-state index in [0.29, 0.717) is 16.4 Å². The van der Waals surface area contributed by atoms with E-state index in [1.807, 2.05) is 0 Å². The molecule has 2 aromatic rings. The molecule has 4 aliphatic rings. The van der Waals surface area contributed by atoms with Crippen LogP contribution < -0.4 is 10.6 Å². The van der Waals surface area contributed by atoms with Gasteiger partial charge in [-0.05, 0) is 93.0 Å². The lowest BCUT2D eigenvalue weighted by molar-refractivity contribution is -0.384. The molecule has 4 bridgehead atoms. The first-order valence-electron chi connectivity index (χ1n) is 11.3. The Bertz CT molecular complexity index is 1040. The molecule has 4 fully saturated rings. The quantitative estimate of drug-likeness (QED) is 0.373. The van der Waals surface area contributed by atoms with E-state index in [-0.39, 0.29) is 22.9 Å². The summed E-state index contributed by atoms with van der Waals surface area (Å²) < 4.78 is 5.65. The van der Waals surface area contributed by atoms with Gasteiger partial charge in [-0.3, -0.25) is 20.2 Å². The lowest BCUT2D eigenvalue weighted by Crippen LogP contribution is -2.57. The molecule has 7 nitrogen and oxygen atoms in total. The van der Waals surface area contributed by atoms with Gasteiger partial charge in [0.1, 0.15) is 5.76 Å². The van der Waals surface area contributed by atoms with Crippen LogP contribution in [0.5, 0.6) is 0 Å². The maximum Gasteiger partial charge on any atom is 0.293 e. The standard InChI is InChI=1S/C24H27N3O4S/c1-14(24-11-15-7-16(12-24)9-17(8-15)13-24)25-23(32)26-22(28)21-6-5-20(31-21)18-3-2-4-19(10-18)27(29)30/h2-6,10,14-17H,7-9,11-13H2,1H3,(H2,25,26,28,32)/t14-,15?,16?,17?,24?/m0/s1. The Balaban J connectivity index is 1.22. The molecule has 1 atom stereocenters. The zero-order valence-electron chi connectivity index (χ0n) is 18.0. The van der Waals surface area contributed by atoms with Crippen molar-refractivity contribution in [3.8, 4) is 11.3 Å². The Labute approximate surface area is 192 Å². The molecule has 0 aliphatic heterocycles. The maximum absolute atomic E-state index is 12.7. The molecular formula is C24H27N3O4S. The van der Waals surface area contributed by atoms with Crippen molar-refractivity contribution in [3.05, 3.63) is 52.3 Å². The van der Waals surface area contributed by atoms with Gasteiger partial charge in [0.2, 0.25) is 0 Å². The number of nitrogens with zero attached hydrogens (tertiary/aromatic N) is 1. The number of benzene rings is 1. The molecule has 0 spiro atoms. The van der Waals surface area contributed by atoms with Crippen LogP contribution in [0.4, 0.5) is 5.69 Å². The number of nitro groups is 1. The molecule has 4 saturated carbocycles. The predicted molar refractivity (Wildman–Crippen MR) is 124 cm³/mol. The lowest BCUT2D eigenvalue weighted by atomic mass is 9.48. The number of non-ortho nitro benzene ring substituents is 1. The third-order valence-corrected chi connectivity index (χ3v) is 7.97. The predicted octanol–water partition coefficient (Wildman–Crippen LogP) is 5.06. The van der Waals surface area contributed by atoms with Crippen molar-refractivity contribution in [1.29, 1.82) is 0 Å². The first-order valence-corrected chi connectivity index (χ1v) is 11.7. The fourth-order valence-electron chi connectivity index (χ4n) is 6.65. The number of amides is 1. The van der Waals surface area contributed by atoms with E-state index in [1.54, 1.807) is 24.3 Å². The number of carbonyl (C=O) groups excluding carboxylic acids is 1. The number of thiocarbonyl (C=S) groups is 1. The second kappa shape index (κ2) is 7.99. The second-order valence-corrected chi connectivity index (χ2v) is 10.3. The topological polar surface area (TPSA) is 97.4 Å². The van der Waals surface area contributed by atoms with E-state index in [1.165, 1.54) is 50.7 Å². The van der Waals surface area contributed by atoms with Crippen molar-refractivity contribution in [2.75, 3.05) is 0 Å². The van der Waals surface area contributed by atoms with Gasteiger partial charge in [-0.2, -0.15) is 0 Å². The van der Waals surface area contributed by atoms with Gasteiger partial charge < -0.3 is 9.73 Å². The van der Waals surface area contributed by atoms with Gasteiger partial charge in [-0.25, -0.2) is 0 Å². The number of carbonyl (C=O) groups is 1. The average Bonchev–Trinajstić information content (AvgIpc) is 3.23. The zero-order valence-corrected chi connectivity index (χ0v) is 18.8. The summed E-state index contributed by atoms with van der Waals surface area (Å²) in [5.41, 5.74) is 0.784.